The quantitative estimate of drug-likeness (QED) is 0.854. The second kappa shape index (κ2) is 6.60. The van der Waals surface area contributed by atoms with Crippen molar-refractivity contribution in [3.05, 3.63) is 65.2 Å². The molecule has 26 heavy (non-hydrogen) atoms. The highest BCUT2D eigenvalue weighted by molar-refractivity contribution is 6.01. The van der Waals surface area contributed by atoms with Crippen molar-refractivity contribution < 1.29 is 9.59 Å². The molecule has 1 saturated heterocycles. The lowest BCUT2D eigenvalue weighted by atomic mass is 10.1. The number of hydrogen-bond acceptors (Lipinski definition) is 2. The summed E-state index contributed by atoms with van der Waals surface area (Å²) in [6, 6.07) is 16.5. The van der Waals surface area contributed by atoms with Gasteiger partial charge in [-0.05, 0) is 37.5 Å². The Morgan fingerprint density at radius 1 is 1.08 bits per heavy atom. The highest BCUT2D eigenvalue weighted by Crippen LogP contribution is 2.34. The molecule has 2 aromatic carbocycles. The van der Waals surface area contributed by atoms with Crippen LogP contribution in [0.1, 0.15) is 30.0 Å². The minimum atomic E-state index is -0.249. The molecule has 4 heteroatoms. The minimum absolute atomic E-state index is 0.0732. The minimum Gasteiger partial charge on any atom is -0.338 e. The number of anilines is 1. The molecule has 0 spiro atoms. The first-order valence-electron chi connectivity index (χ1n) is 9.27. The number of benzene rings is 2. The molecule has 134 valence electrons. The van der Waals surface area contributed by atoms with Crippen LogP contribution >= 0.6 is 0 Å². The molecular weight excluding hydrogens is 324 g/mol. The number of fused-ring (bicyclic) bond motifs is 1. The number of para-hydroxylation sites is 1. The Morgan fingerprint density at radius 2 is 1.81 bits per heavy atom. The summed E-state index contributed by atoms with van der Waals surface area (Å²) in [6.45, 7) is 5.22. The third kappa shape index (κ3) is 3.00. The topological polar surface area (TPSA) is 40.6 Å². The third-order valence-electron chi connectivity index (χ3n) is 5.50. The van der Waals surface area contributed by atoms with Crippen LogP contribution in [-0.2, 0) is 22.6 Å². The Labute approximate surface area is 154 Å². The molecule has 0 radical (unpaired) electrons. The molecule has 0 aromatic heterocycles. The van der Waals surface area contributed by atoms with Crippen LogP contribution in [0, 0.1) is 12.8 Å². The first kappa shape index (κ1) is 16.8. The molecule has 2 aliphatic heterocycles. The lowest BCUT2D eigenvalue weighted by Crippen LogP contribution is -2.41. The smallest absolute Gasteiger partial charge is 0.232 e. The van der Waals surface area contributed by atoms with Gasteiger partial charge in [0, 0.05) is 31.2 Å². The zero-order valence-electron chi connectivity index (χ0n) is 15.3. The van der Waals surface area contributed by atoms with E-state index in [9.17, 15) is 9.59 Å². The van der Waals surface area contributed by atoms with Crippen molar-refractivity contribution in [3.63, 3.8) is 0 Å². The molecule has 2 heterocycles. The van der Waals surface area contributed by atoms with Crippen molar-refractivity contribution in [2.24, 2.45) is 5.92 Å². The summed E-state index contributed by atoms with van der Waals surface area (Å²) in [5.41, 5.74) is 4.54. The number of rotatable bonds is 3. The number of carbonyl (C=O) groups is 2. The van der Waals surface area contributed by atoms with Crippen molar-refractivity contribution in [1.29, 1.82) is 0 Å². The molecule has 0 saturated carbocycles. The summed E-state index contributed by atoms with van der Waals surface area (Å²) in [5, 5.41) is 0. The number of aryl methyl sites for hydroxylation is 1. The molecule has 0 bridgehead atoms. The van der Waals surface area contributed by atoms with E-state index in [2.05, 4.69) is 44.2 Å². The first-order valence-corrected chi connectivity index (χ1v) is 9.27. The number of likely N-dealkylation sites (tertiary alicyclic amines) is 1. The standard InChI is InChI=1S/C22H24N2O2/c1-15-7-9-17(10-8-15)13-23-14-19(12-21(23)25)22(26)24-16(2)11-18-5-3-4-6-20(18)24/h3-10,16,19H,11-14H2,1-2H3. The van der Waals surface area contributed by atoms with Crippen LogP contribution in [-0.4, -0.2) is 29.3 Å². The van der Waals surface area contributed by atoms with E-state index in [1.165, 1.54) is 11.1 Å². The van der Waals surface area contributed by atoms with Crippen LogP contribution in [0.15, 0.2) is 48.5 Å². The molecule has 2 amide bonds. The van der Waals surface area contributed by atoms with Gasteiger partial charge in [-0.3, -0.25) is 9.59 Å². The lowest BCUT2D eigenvalue weighted by molar-refractivity contribution is -0.129. The van der Waals surface area contributed by atoms with Crippen LogP contribution in [0.3, 0.4) is 0 Å². The second-order valence-corrected chi connectivity index (χ2v) is 7.55. The van der Waals surface area contributed by atoms with Crippen molar-refractivity contribution in [3.8, 4) is 0 Å². The summed E-state index contributed by atoms with van der Waals surface area (Å²) >= 11 is 0. The van der Waals surface area contributed by atoms with Gasteiger partial charge in [-0.2, -0.15) is 0 Å². The summed E-state index contributed by atoms with van der Waals surface area (Å²) in [6.07, 6.45) is 1.20. The Balaban J connectivity index is 1.48. The third-order valence-corrected chi connectivity index (χ3v) is 5.50. The molecular formula is C22H24N2O2. The van der Waals surface area contributed by atoms with E-state index in [0.717, 1.165) is 17.7 Å². The summed E-state index contributed by atoms with van der Waals surface area (Å²) in [4.78, 5) is 29.3. The first-order chi connectivity index (χ1) is 12.5. The van der Waals surface area contributed by atoms with E-state index in [-0.39, 0.29) is 23.8 Å². The van der Waals surface area contributed by atoms with E-state index in [1.54, 1.807) is 0 Å². The zero-order chi connectivity index (χ0) is 18.3. The van der Waals surface area contributed by atoms with Crippen molar-refractivity contribution in [1.82, 2.24) is 4.90 Å². The zero-order valence-corrected chi connectivity index (χ0v) is 15.3. The second-order valence-electron chi connectivity index (χ2n) is 7.55. The highest BCUT2D eigenvalue weighted by Gasteiger charge is 2.40. The van der Waals surface area contributed by atoms with Gasteiger partial charge in [0.05, 0.1) is 5.92 Å². The Bertz CT molecular complexity index is 843. The van der Waals surface area contributed by atoms with Gasteiger partial charge < -0.3 is 9.80 Å². The van der Waals surface area contributed by atoms with Gasteiger partial charge in [-0.1, -0.05) is 48.0 Å². The van der Waals surface area contributed by atoms with E-state index in [0.29, 0.717) is 19.5 Å². The Hall–Kier alpha value is -2.62. The molecule has 2 aliphatic rings. The molecule has 0 aliphatic carbocycles. The van der Waals surface area contributed by atoms with E-state index < -0.39 is 0 Å². The van der Waals surface area contributed by atoms with Crippen molar-refractivity contribution in [2.75, 3.05) is 11.4 Å². The molecule has 4 nitrogen and oxygen atoms in total. The van der Waals surface area contributed by atoms with E-state index in [4.69, 9.17) is 0 Å². The van der Waals surface area contributed by atoms with Crippen molar-refractivity contribution >= 4 is 17.5 Å². The average molecular weight is 348 g/mol. The average Bonchev–Trinajstić information content (AvgIpc) is 3.16. The fourth-order valence-electron chi connectivity index (χ4n) is 4.10. The number of amides is 2. The van der Waals surface area contributed by atoms with Crippen LogP contribution in [0.25, 0.3) is 0 Å². The number of carbonyl (C=O) groups excluding carboxylic acids is 2. The monoisotopic (exact) mass is 348 g/mol. The lowest BCUT2D eigenvalue weighted by Gasteiger charge is -2.26. The predicted octanol–water partition coefficient (Wildman–Crippen LogP) is 3.32. The SMILES string of the molecule is Cc1ccc(CN2CC(C(=O)N3c4ccccc4CC3C)CC2=O)cc1. The molecule has 2 aromatic rings. The van der Waals surface area contributed by atoms with Gasteiger partial charge in [0.25, 0.3) is 0 Å². The van der Waals surface area contributed by atoms with Gasteiger partial charge >= 0.3 is 0 Å². The Kier molecular flexibility index (Phi) is 4.27. The van der Waals surface area contributed by atoms with E-state index in [1.807, 2.05) is 28.0 Å². The number of nitrogens with zero attached hydrogens (tertiary/aromatic N) is 2. The van der Waals surface area contributed by atoms with Gasteiger partial charge in [0.1, 0.15) is 0 Å². The maximum Gasteiger partial charge on any atom is 0.232 e. The maximum absolute atomic E-state index is 13.2. The van der Waals surface area contributed by atoms with Gasteiger partial charge in [0.15, 0.2) is 0 Å². The normalized spacial score (nSPS) is 22.0. The van der Waals surface area contributed by atoms with Crippen LogP contribution in [0.4, 0.5) is 5.69 Å². The van der Waals surface area contributed by atoms with Gasteiger partial charge in [0.2, 0.25) is 11.8 Å². The molecule has 1 fully saturated rings. The van der Waals surface area contributed by atoms with Crippen molar-refractivity contribution in [2.45, 2.75) is 39.3 Å². The van der Waals surface area contributed by atoms with Gasteiger partial charge in [-0.15, -0.1) is 0 Å². The molecule has 4 rings (SSSR count). The number of hydrogen-bond donors (Lipinski definition) is 0. The fraction of sp³-hybridized carbons (Fsp3) is 0.364. The van der Waals surface area contributed by atoms with Crippen LogP contribution in [0.5, 0.6) is 0 Å². The molecule has 0 N–H and O–H groups in total. The summed E-state index contributed by atoms with van der Waals surface area (Å²) < 4.78 is 0. The summed E-state index contributed by atoms with van der Waals surface area (Å²) in [5.74, 6) is -0.0900. The fourth-order valence-corrected chi connectivity index (χ4v) is 4.10. The highest BCUT2D eigenvalue weighted by atomic mass is 16.2. The predicted molar refractivity (Wildman–Crippen MR) is 102 cm³/mol. The Morgan fingerprint density at radius 3 is 2.58 bits per heavy atom. The molecule has 2 atom stereocenters. The van der Waals surface area contributed by atoms with E-state index >= 15 is 0 Å². The maximum atomic E-state index is 13.2. The molecule has 2 unspecified atom stereocenters. The largest absolute Gasteiger partial charge is 0.338 e. The van der Waals surface area contributed by atoms with Crippen LogP contribution < -0.4 is 4.90 Å². The van der Waals surface area contributed by atoms with Crippen LogP contribution in [0.2, 0.25) is 0 Å². The summed E-state index contributed by atoms with van der Waals surface area (Å²) in [7, 11) is 0. The van der Waals surface area contributed by atoms with Gasteiger partial charge in [-0.25, -0.2) is 0 Å².